The highest BCUT2D eigenvalue weighted by Crippen LogP contribution is 2.31. The van der Waals surface area contributed by atoms with Gasteiger partial charge in [-0.25, -0.2) is 4.39 Å². The van der Waals surface area contributed by atoms with Crippen LogP contribution in [-0.4, -0.2) is 14.8 Å². The van der Waals surface area contributed by atoms with Gasteiger partial charge in [0.1, 0.15) is 5.82 Å². The van der Waals surface area contributed by atoms with Crippen LogP contribution in [0.3, 0.4) is 0 Å². The molecule has 3 aromatic carbocycles. The second-order valence-electron chi connectivity index (χ2n) is 6.52. The molecule has 0 N–H and O–H groups in total. The third kappa shape index (κ3) is 4.47. The Morgan fingerprint density at radius 1 is 0.897 bits per heavy atom. The number of benzene rings is 3. The van der Waals surface area contributed by atoms with E-state index >= 15 is 0 Å². The fourth-order valence-corrected chi connectivity index (χ4v) is 4.07. The Morgan fingerprint density at radius 3 is 2.31 bits per heavy atom. The van der Waals surface area contributed by atoms with Crippen molar-refractivity contribution >= 4 is 35.0 Å². The monoisotopic (exact) mass is 443 g/mol. The lowest BCUT2D eigenvalue weighted by atomic mass is 10.2. The van der Waals surface area contributed by atoms with Crippen molar-refractivity contribution < 1.29 is 4.39 Å². The van der Waals surface area contributed by atoms with Crippen molar-refractivity contribution in [3.8, 4) is 17.1 Å². The molecule has 0 radical (unpaired) electrons. The van der Waals surface area contributed by atoms with Gasteiger partial charge >= 0.3 is 0 Å². The van der Waals surface area contributed by atoms with Gasteiger partial charge in [0.15, 0.2) is 11.0 Å². The Morgan fingerprint density at radius 2 is 1.62 bits per heavy atom. The SMILES string of the molecule is Cc1ccc(-n2c(SCc3ccc(Cl)c(Cl)c3)nnc2-c2ccc(F)cc2)cc1. The highest BCUT2D eigenvalue weighted by molar-refractivity contribution is 7.98. The summed E-state index contributed by atoms with van der Waals surface area (Å²) in [6.07, 6.45) is 0. The highest BCUT2D eigenvalue weighted by atomic mass is 35.5. The third-order valence-electron chi connectivity index (χ3n) is 4.38. The van der Waals surface area contributed by atoms with Crippen LogP contribution in [0.5, 0.6) is 0 Å². The van der Waals surface area contributed by atoms with Crippen molar-refractivity contribution in [2.75, 3.05) is 0 Å². The molecule has 0 fully saturated rings. The van der Waals surface area contributed by atoms with Crippen molar-refractivity contribution in [2.45, 2.75) is 17.8 Å². The maximum atomic E-state index is 13.4. The first-order valence-corrected chi connectivity index (χ1v) is 10.6. The molecule has 29 heavy (non-hydrogen) atoms. The van der Waals surface area contributed by atoms with Crippen molar-refractivity contribution in [1.29, 1.82) is 0 Å². The molecule has 0 atom stereocenters. The molecular weight excluding hydrogens is 428 g/mol. The maximum absolute atomic E-state index is 13.4. The van der Waals surface area contributed by atoms with E-state index in [1.54, 1.807) is 30.0 Å². The summed E-state index contributed by atoms with van der Waals surface area (Å²) in [5.74, 6) is 1.03. The molecule has 0 aliphatic carbocycles. The quantitative estimate of drug-likeness (QED) is 0.311. The van der Waals surface area contributed by atoms with E-state index in [1.165, 1.54) is 12.1 Å². The van der Waals surface area contributed by atoms with Crippen LogP contribution in [-0.2, 0) is 5.75 Å². The van der Waals surface area contributed by atoms with Crippen LogP contribution in [0.4, 0.5) is 4.39 Å². The number of nitrogens with zero attached hydrogens (tertiary/aromatic N) is 3. The summed E-state index contributed by atoms with van der Waals surface area (Å²) in [6, 6.07) is 20.0. The Hall–Kier alpha value is -2.34. The highest BCUT2D eigenvalue weighted by Gasteiger charge is 2.16. The molecule has 0 spiro atoms. The predicted octanol–water partition coefficient (Wildman–Crippen LogP) is 6.98. The Bertz CT molecular complexity index is 1140. The second-order valence-corrected chi connectivity index (χ2v) is 8.28. The predicted molar refractivity (Wildman–Crippen MR) is 118 cm³/mol. The summed E-state index contributed by atoms with van der Waals surface area (Å²) >= 11 is 13.7. The first kappa shape index (κ1) is 20.0. The summed E-state index contributed by atoms with van der Waals surface area (Å²) in [4.78, 5) is 0. The van der Waals surface area contributed by atoms with E-state index in [-0.39, 0.29) is 5.82 Å². The van der Waals surface area contributed by atoms with E-state index < -0.39 is 0 Å². The van der Waals surface area contributed by atoms with Gasteiger partial charge in [0.05, 0.1) is 10.0 Å². The van der Waals surface area contributed by atoms with Crippen molar-refractivity contribution in [2.24, 2.45) is 0 Å². The normalized spacial score (nSPS) is 11.0. The van der Waals surface area contributed by atoms with E-state index in [9.17, 15) is 4.39 Å². The van der Waals surface area contributed by atoms with Crippen LogP contribution in [0.2, 0.25) is 10.0 Å². The molecule has 4 rings (SSSR count). The minimum atomic E-state index is -0.288. The summed E-state index contributed by atoms with van der Waals surface area (Å²) in [5.41, 5.74) is 3.93. The van der Waals surface area contributed by atoms with Crippen molar-refractivity contribution in [1.82, 2.24) is 14.8 Å². The molecule has 0 amide bonds. The average Bonchev–Trinajstić information content (AvgIpc) is 3.14. The molecule has 0 unspecified atom stereocenters. The summed E-state index contributed by atoms with van der Waals surface area (Å²) in [7, 11) is 0. The topological polar surface area (TPSA) is 30.7 Å². The van der Waals surface area contributed by atoms with Gasteiger partial charge in [-0.15, -0.1) is 10.2 Å². The first-order chi connectivity index (χ1) is 14.0. The van der Waals surface area contributed by atoms with Gasteiger partial charge in [0.2, 0.25) is 0 Å². The Kier molecular flexibility index (Phi) is 5.90. The number of aryl methyl sites for hydroxylation is 1. The minimum absolute atomic E-state index is 0.288. The van der Waals surface area contributed by atoms with Gasteiger partial charge in [-0.05, 0) is 61.0 Å². The van der Waals surface area contributed by atoms with Gasteiger partial charge in [0.25, 0.3) is 0 Å². The van der Waals surface area contributed by atoms with Crippen LogP contribution in [0.25, 0.3) is 17.1 Å². The summed E-state index contributed by atoms with van der Waals surface area (Å²) < 4.78 is 15.4. The van der Waals surface area contributed by atoms with Gasteiger partial charge in [-0.2, -0.15) is 0 Å². The molecule has 0 aliphatic heterocycles. The molecule has 0 bridgehead atoms. The molecule has 146 valence electrons. The fraction of sp³-hybridized carbons (Fsp3) is 0.0909. The molecule has 0 saturated heterocycles. The zero-order valence-corrected chi connectivity index (χ0v) is 17.8. The van der Waals surface area contributed by atoms with E-state index in [4.69, 9.17) is 23.2 Å². The first-order valence-electron chi connectivity index (χ1n) is 8.86. The molecular formula is C22H16Cl2FN3S. The molecule has 0 saturated carbocycles. The van der Waals surface area contributed by atoms with Crippen LogP contribution in [0, 0.1) is 12.7 Å². The Balaban J connectivity index is 1.72. The van der Waals surface area contributed by atoms with Crippen molar-refractivity contribution in [3.05, 3.63) is 93.7 Å². The van der Waals surface area contributed by atoms with Crippen LogP contribution < -0.4 is 0 Å². The Labute approximate surface area is 182 Å². The molecule has 4 aromatic rings. The minimum Gasteiger partial charge on any atom is -0.270 e. The molecule has 1 heterocycles. The number of thioether (sulfide) groups is 1. The van der Waals surface area contributed by atoms with Gasteiger partial charge in [-0.1, -0.05) is 58.7 Å². The standard InChI is InChI=1S/C22H16Cl2FN3S/c1-14-2-9-18(10-3-14)28-21(16-5-7-17(25)8-6-16)26-27-22(28)29-13-15-4-11-19(23)20(24)12-15/h2-12H,13H2,1H3. The average molecular weight is 444 g/mol. The van der Waals surface area contributed by atoms with Gasteiger partial charge in [0, 0.05) is 17.0 Å². The number of rotatable bonds is 5. The van der Waals surface area contributed by atoms with Gasteiger partial charge in [-0.3, -0.25) is 4.57 Å². The van der Waals surface area contributed by atoms with Crippen LogP contribution >= 0.6 is 35.0 Å². The van der Waals surface area contributed by atoms with Crippen LogP contribution in [0.1, 0.15) is 11.1 Å². The summed E-state index contributed by atoms with van der Waals surface area (Å²) in [6.45, 7) is 2.04. The lowest BCUT2D eigenvalue weighted by Crippen LogP contribution is -2.00. The number of aromatic nitrogens is 3. The molecule has 1 aromatic heterocycles. The van der Waals surface area contributed by atoms with Crippen molar-refractivity contribution in [3.63, 3.8) is 0 Å². The maximum Gasteiger partial charge on any atom is 0.196 e. The lowest BCUT2D eigenvalue weighted by molar-refractivity contribution is 0.628. The molecule has 3 nitrogen and oxygen atoms in total. The number of hydrogen-bond donors (Lipinski definition) is 0. The van der Waals surface area contributed by atoms with E-state index in [0.717, 1.165) is 27.5 Å². The zero-order chi connectivity index (χ0) is 20.4. The number of halogens is 3. The van der Waals surface area contributed by atoms with Gasteiger partial charge < -0.3 is 0 Å². The smallest absolute Gasteiger partial charge is 0.196 e. The lowest BCUT2D eigenvalue weighted by Gasteiger charge is -2.11. The zero-order valence-electron chi connectivity index (χ0n) is 15.4. The molecule has 7 heteroatoms. The van der Waals surface area contributed by atoms with E-state index in [1.807, 2.05) is 47.9 Å². The second kappa shape index (κ2) is 8.57. The number of hydrogen-bond acceptors (Lipinski definition) is 3. The fourth-order valence-electron chi connectivity index (χ4n) is 2.85. The summed E-state index contributed by atoms with van der Waals surface area (Å²) in [5, 5.41) is 10.6. The van der Waals surface area contributed by atoms with E-state index in [0.29, 0.717) is 21.6 Å². The third-order valence-corrected chi connectivity index (χ3v) is 6.12. The van der Waals surface area contributed by atoms with E-state index in [2.05, 4.69) is 10.2 Å². The molecule has 0 aliphatic rings. The largest absolute Gasteiger partial charge is 0.270 e. The van der Waals surface area contributed by atoms with Crippen LogP contribution in [0.15, 0.2) is 71.9 Å².